The number of anilines is 1. The number of aromatic nitrogens is 6. The fraction of sp³-hybridized carbons (Fsp3) is 0.375. The van der Waals surface area contributed by atoms with E-state index in [1.807, 2.05) is 12.1 Å². The lowest BCUT2D eigenvalue weighted by molar-refractivity contribution is 0.0835. The molecule has 2 N–H and O–H groups in total. The molecule has 0 saturated carbocycles. The number of tetrazole rings is 1. The summed E-state index contributed by atoms with van der Waals surface area (Å²) in [7, 11) is 0. The predicted octanol–water partition coefficient (Wildman–Crippen LogP) is 1.26. The van der Waals surface area contributed by atoms with E-state index in [-0.39, 0.29) is 12.1 Å². The molecule has 1 atom stereocenters. The van der Waals surface area contributed by atoms with E-state index in [0.717, 1.165) is 19.4 Å². The second-order valence-corrected chi connectivity index (χ2v) is 5.95. The molecule has 1 fully saturated rings. The molecule has 1 aliphatic rings. The van der Waals surface area contributed by atoms with E-state index >= 15 is 0 Å². The maximum Gasteiger partial charge on any atom is 0.319 e. The SMILES string of the molecule is O=C(NCCc1noc([C@@H]2CCCO2)n1)Nc1ccccc1-n1cnnn1. The van der Waals surface area contributed by atoms with Crippen LogP contribution in [0.25, 0.3) is 5.69 Å². The topological polar surface area (TPSA) is 133 Å². The maximum atomic E-state index is 12.2. The first-order valence-electron chi connectivity index (χ1n) is 8.61. The summed E-state index contributed by atoms with van der Waals surface area (Å²) >= 11 is 0. The van der Waals surface area contributed by atoms with Crippen molar-refractivity contribution in [2.75, 3.05) is 18.5 Å². The minimum atomic E-state index is -0.349. The van der Waals surface area contributed by atoms with Crippen molar-refractivity contribution in [1.82, 2.24) is 35.7 Å². The fourth-order valence-electron chi connectivity index (χ4n) is 2.78. The first kappa shape index (κ1) is 17.1. The van der Waals surface area contributed by atoms with E-state index in [1.54, 1.807) is 12.1 Å². The fourth-order valence-corrected chi connectivity index (χ4v) is 2.78. The largest absolute Gasteiger partial charge is 0.368 e. The molecule has 1 saturated heterocycles. The zero-order valence-corrected chi connectivity index (χ0v) is 14.4. The summed E-state index contributed by atoms with van der Waals surface area (Å²) < 4.78 is 12.2. The molecule has 4 rings (SSSR count). The van der Waals surface area contributed by atoms with Gasteiger partial charge < -0.3 is 19.9 Å². The molecule has 27 heavy (non-hydrogen) atoms. The zero-order valence-electron chi connectivity index (χ0n) is 14.4. The van der Waals surface area contributed by atoms with Gasteiger partial charge in [-0.05, 0) is 35.4 Å². The number of rotatable bonds is 6. The molecule has 3 aromatic rings. The Kier molecular flexibility index (Phi) is 5.01. The first-order chi connectivity index (χ1) is 13.3. The number of hydrogen-bond donors (Lipinski definition) is 2. The van der Waals surface area contributed by atoms with Crippen LogP contribution in [0.15, 0.2) is 35.1 Å². The van der Waals surface area contributed by atoms with Crippen LogP contribution in [-0.2, 0) is 11.2 Å². The van der Waals surface area contributed by atoms with Gasteiger partial charge in [-0.1, -0.05) is 17.3 Å². The smallest absolute Gasteiger partial charge is 0.319 e. The molecule has 0 aliphatic carbocycles. The van der Waals surface area contributed by atoms with Gasteiger partial charge in [-0.25, -0.2) is 4.79 Å². The molecule has 1 aliphatic heterocycles. The van der Waals surface area contributed by atoms with Crippen molar-refractivity contribution in [2.24, 2.45) is 0 Å². The van der Waals surface area contributed by atoms with Crippen LogP contribution in [0.5, 0.6) is 0 Å². The number of urea groups is 1. The van der Waals surface area contributed by atoms with Crippen molar-refractivity contribution in [3.63, 3.8) is 0 Å². The zero-order chi connectivity index (χ0) is 18.5. The van der Waals surface area contributed by atoms with Gasteiger partial charge in [-0.2, -0.15) is 9.67 Å². The van der Waals surface area contributed by atoms with Crippen LogP contribution in [0.3, 0.4) is 0 Å². The average Bonchev–Trinajstić information content (AvgIpc) is 3.44. The Hall–Kier alpha value is -3.34. The van der Waals surface area contributed by atoms with Gasteiger partial charge in [0.25, 0.3) is 5.89 Å². The molecule has 2 aromatic heterocycles. The Morgan fingerprint density at radius 1 is 1.33 bits per heavy atom. The second-order valence-electron chi connectivity index (χ2n) is 5.95. The third kappa shape index (κ3) is 4.08. The van der Waals surface area contributed by atoms with Gasteiger partial charge in [0.1, 0.15) is 12.4 Å². The number of carbonyl (C=O) groups is 1. The molecule has 140 valence electrons. The summed E-state index contributed by atoms with van der Waals surface area (Å²) in [5, 5.41) is 20.5. The van der Waals surface area contributed by atoms with E-state index < -0.39 is 0 Å². The van der Waals surface area contributed by atoms with Crippen LogP contribution in [0.2, 0.25) is 0 Å². The van der Waals surface area contributed by atoms with Crippen molar-refractivity contribution in [3.05, 3.63) is 42.3 Å². The highest BCUT2D eigenvalue weighted by molar-refractivity contribution is 5.91. The number of amides is 2. The highest BCUT2D eigenvalue weighted by Crippen LogP contribution is 2.26. The molecule has 0 spiro atoms. The second kappa shape index (κ2) is 7.91. The lowest BCUT2D eigenvalue weighted by atomic mass is 10.2. The summed E-state index contributed by atoms with van der Waals surface area (Å²) in [5.41, 5.74) is 1.25. The number of hydrogen-bond acceptors (Lipinski definition) is 8. The maximum absolute atomic E-state index is 12.2. The molecule has 2 amide bonds. The molecular weight excluding hydrogens is 352 g/mol. The predicted molar refractivity (Wildman–Crippen MR) is 92.1 cm³/mol. The van der Waals surface area contributed by atoms with Crippen molar-refractivity contribution >= 4 is 11.7 Å². The summed E-state index contributed by atoms with van der Waals surface area (Å²) in [6.07, 6.45) is 3.70. The summed E-state index contributed by atoms with van der Waals surface area (Å²) in [6.45, 7) is 1.08. The van der Waals surface area contributed by atoms with Crippen LogP contribution in [0.4, 0.5) is 10.5 Å². The van der Waals surface area contributed by atoms with Gasteiger partial charge in [0, 0.05) is 19.6 Å². The Balaban J connectivity index is 1.29. The molecule has 0 bridgehead atoms. The highest BCUT2D eigenvalue weighted by Gasteiger charge is 2.23. The van der Waals surface area contributed by atoms with E-state index in [2.05, 4.69) is 36.3 Å². The third-order valence-corrected chi connectivity index (χ3v) is 4.07. The number of para-hydroxylation sites is 2. The van der Waals surface area contributed by atoms with Gasteiger partial charge in [-0.15, -0.1) is 5.10 Å². The van der Waals surface area contributed by atoms with E-state index in [9.17, 15) is 4.79 Å². The van der Waals surface area contributed by atoms with Gasteiger partial charge in [-0.3, -0.25) is 0 Å². The van der Waals surface area contributed by atoms with Crippen LogP contribution in [0.1, 0.15) is 30.7 Å². The Labute approximate surface area is 154 Å². The Bertz CT molecular complexity index is 889. The van der Waals surface area contributed by atoms with Gasteiger partial charge >= 0.3 is 6.03 Å². The van der Waals surface area contributed by atoms with Crippen LogP contribution in [-0.4, -0.2) is 49.5 Å². The van der Waals surface area contributed by atoms with Crippen molar-refractivity contribution in [2.45, 2.75) is 25.4 Å². The number of ether oxygens (including phenoxy) is 1. The monoisotopic (exact) mass is 370 g/mol. The molecule has 11 nitrogen and oxygen atoms in total. The highest BCUT2D eigenvalue weighted by atomic mass is 16.5. The number of nitrogens with zero attached hydrogens (tertiary/aromatic N) is 6. The van der Waals surface area contributed by atoms with Gasteiger partial charge in [0.05, 0.1) is 11.4 Å². The van der Waals surface area contributed by atoms with E-state index in [1.165, 1.54) is 11.0 Å². The average molecular weight is 370 g/mol. The van der Waals surface area contributed by atoms with Gasteiger partial charge in [0.15, 0.2) is 5.82 Å². The summed E-state index contributed by atoms with van der Waals surface area (Å²) in [5.74, 6) is 1.04. The molecular formula is C16H18N8O3. The standard InChI is InChI=1S/C16H18N8O3/c25-16(19-11-4-1-2-5-12(11)24-10-18-22-23-24)17-8-7-14-20-15(27-21-14)13-6-3-9-26-13/h1-2,4-5,10,13H,3,6-9H2,(H2,17,19,25)/t13-/m0/s1. The molecule has 3 heterocycles. The number of carbonyl (C=O) groups excluding carboxylic acids is 1. The van der Waals surface area contributed by atoms with Crippen LogP contribution >= 0.6 is 0 Å². The Morgan fingerprint density at radius 3 is 3.07 bits per heavy atom. The number of benzene rings is 1. The van der Waals surface area contributed by atoms with Crippen LogP contribution in [0, 0.1) is 0 Å². The Morgan fingerprint density at radius 2 is 2.26 bits per heavy atom. The molecule has 11 heteroatoms. The van der Waals surface area contributed by atoms with Crippen LogP contribution < -0.4 is 10.6 Å². The van der Waals surface area contributed by atoms with E-state index in [4.69, 9.17) is 9.26 Å². The van der Waals surface area contributed by atoms with Crippen molar-refractivity contribution < 1.29 is 14.1 Å². The quantitative estimate of drug-likeness (QED) is 0.662. The van der Waals surface area contributed by atoms with Crippen molar-refractivity contribution in [1.29, 1.82) is 0 Å². The minimum Gasteiger partial charge on any atom is -0.368 e. The molecule has 0 radical (unpaired) electrons. The first-order valence-corrected chi connectivity index (χ1v) is 8.61. The lowest BCUT2D eigenvalue weighted by Crippen LogP contribution is -2.31. The lowest BCUT2D eigenvalue weighted by Gasteiger charge is -2.10. The normalized spacial score (nSPS) is 16.4. The number of nitrogens with one attached hydrogen (secondary N) is 2. The van der Waals surface area contributed by atoms with E-state index in [0.29, 0.717) is 36.1 Å². The summed E-state index contributed by atoms with van der Waals surface area (Å²) in [4.78, 5) is 16.5. The van der Waals surface area contributed by atoms with Gasteiger partial charge in [0.2, 0.25) is 0 Å². The third-order valence-electron chi connectivity index (χ3n) is 4.07. The molecule has 1 aromatic carbocycles. The molecule has 0 unspecified atom stereocenters. The minimum absolute atomic E-state index is 0.106. The van der Waals surface area contributed by atoms with Crippen molar-refractivity contribution in [3.8, 4) is 5.69 Å². The summed E-state index contributed by atoms with van der Waals surface area (Å²) in [6, 6.07) is 6.87.